The molecular formula is C16H20N2O5. The number of phenols is 1. The Morgan fingerprint density at radius 3 is 2.70 bits per heavy atom. The van der Waals surface area contributed by atoms with Gasteiger partial charge in [-0.05, 0) is 38.5 Å². The number of hydrogen-bond donors (Lipinski definition) is 3. The largest absolute Gasteiger partial charge is 0.504 e. The molecule has 1 aliphatic rings. The van der Waals surface area contributed by atoms with Crippen molar-refractivity contribution >= 4 is 12.0 Å². The van der Waals surface area contributed by atoms with Crippen molar-refractivity contribution < 1.29 is 24.2 Å². The lowest BCUT2D eigenvalue weighted by Crippen LogP contribution is -2.45. The Hall–Kier alpha value is -2.70. The standard InChI is InChI=1S/C16H20N2O5/c1-4-22-12-8-10(6-7-11(12)19)14-13(15(20)23-5-2)9(3)17-16(21)18-14/h6-8,14,19H,4-5H2,1-3H3,(H2,17,18,21)/t14-/m0/s1. The average Bonchev–Trinajstić information content (AvgIpc) is 2.49. The molecule has 23 heavy (non-hydrogen) atoms. The van der Waals surface area contributed by atoms with Gasteiger partial charge in [0.1, 0.15) is 0 Å². The SMILES string of the molecule is CCOC(=O)C1=C(C)NC(=O)N[C@H]1c1ccc(O)c(OCC)c1. The number of amides is 2. The number of ether oxygens (including phenoxy) is 2. The van der Waals surface area contributed by atoms with Gasteiger partial charge in [0.2, 0.25) is 0 Å². The first-order valence-electron chi connectivity index (χ1n) is 7.39. The molecule has 0 radical (unpaired) electrons. The Labute approximate surface area is 134 Å². The third-order valence-corrected chi connectivity index (χ3v) is 3.38. The third-order valence-electron chi connectivity index (χ3n) is 3.38. The van der Waals surface area contributed by atoms with Crippen molar-refractivity contribution in [2.75, 3.05) is 13.2 Å². The van der Waals surface area contributed by atoms with Crippen LogP contribution in [0.25, 0.3) is 0 Å². The number of allylic oxidation sites excluding steroid dienone is 1. The van der Waals surface area contributed by atoms with E-state index in [1.807, 2.05) is 0 Å². The number of aromatic hydroxyl groups is 1. The van der Waals surface area contributed by atoms with Crippen molar-refractivity contribution in [1.82, 2.24) is 10.6 Å². The fourth-order valence-electron chi connectivity index (χ4n) is 2.40. The molecule has 124 valence electrons. The summed E-state index contributed by atoms with van der Waals surface area (Å²) in [4.78, 5) is 24.0. The van der Waals surface area contributed by atoms with Crippen LogP contribution in [0.1, 0.15) is 32.4 Å². The molecule has 0 saturated heterocycles. The maximum atomic E-state index is 12.2. The van der Waals surface area contributed by atoms with Gasteiger partial charge in [-0.25, -0.2) is 9.59 Å². The van der Waals surface area contributed by atoms with E-state index in [2.05, 4.69) is 10.6 Å². The quantitative estimate of drug-likeness (QED) is 0.721. The summed E-state index contributed by atoms with van der Waals surface area (Å²) in [6.45, 7) is 5.77. The number of carbonyl (C=O) groups is 2. The highest BCUT2D eigenvalue weighted by atomic mass is 16.5. The number of phenolic OH excluding ortho intramolecular Hbond substituents is 1. The van der Waals surface area contributed by atoms with Gasteiger partial charge < -0.3 is 25.2 Å². The zero-order valence-electron chi connectivity index (χ0n) is 13.3. The summed E-state index contributed by atoms with van der Waals surface area (Å²) in [6.07, 6.45) is 0. The molecule has 0 aromatic heterocycles. The van der Waals surface area contributed by atoms with Crippen LogP contribution < -0.4 is 15.4 Å². The van der Waals surface area contributed by atoms with Crippen LogP contribution in [-0.2, 0) is 9.53 Å². The molecule has 0 aliphatic carbocycles. The minimum atomic E-state index is -0.678. The second-order valence-corrected chi connectivity index (χ2v) is 4.95. The van der Waals surface area contributed by atoms with E-state index in [1.54, 1.807) is 32.9 Å². The highest BCUT2D eigenvalue weighted by Crippen LogP contribution is 2.33. The number of urea groups is 1. The second kappa shape index (κ2) is 7.04. The van der Waals surface area contributed by atoms with Crippen LogP contribution in [0.15, 0.2) is 29.5 Å². The Morgan fingerprint density at radius 2 is 2.04 bits per heavy atom. The summed E-state index contributed by atoms with van der Waals surface area (Å²) < 4.78 is 10.4. The van der Waals surface area contributed by atoms with E-state index < -0.39 is 18.0 Å². The molecule has 1 aromatic rings. The lowest BCUT2D eigenvalue weighted by Gasteiger charge is -2.28. The van der Waals surface area contributed by atoms with Crippen molar-refractivity contribution in [2.45, 2.75) is 26.8 Å². The summed E-state index contributed by atoms with van der Waals surface area (Å²) >= 11 is 0. The van der Waals surface area contributed by atoms with Gasteiger partial charge in [0.25, 0.3) is 0 Å². The van der Waals surface area contributed by atoms with Crippen LogP contribution in [0.3, 0.4) is 0 Å². The first-order chi connectivity index (χ1) is 11.0. The van der Waals surface area contributed by atoms with E-state index in [9.17, 15) is 14.7 Å². The van der Waals surface area contributed by atoms with Gasteiger partial charge in [-0.2, -0.15) is 0 Å². The van der Waals surface area contributed by atoms with E-state index in [4.69, 9.17) is 9.47 Å². The summed E-state index contributed by atoms with van der Waals surface area (Å²) in [6, 6.07) is 3.60. The molecule has 2 amide bonds. The van der Waals surface area contributed by atoms with Crippen molar-refractivity contribution in [2.24, 2.45) is 0 Å². The molecule has 2 rings (SSSR count). The maximum Gasteiger partial charge on any atom is 0.338 e. The molecule has 0 saturated carbocycles. The van der Waals surface area contributed by atoms with Crippen LogP contribution >= 0.6 is 0 Å². The fraction of sp³-hybridized carbons (Fsp3) is 0.375. The lowest BCUT2D eigenvalue weighted by molar-refractivity contribution is -0.139. The monoisotopic (exact) mass is 320 g/mol. The summed E-state index contributed by atoms with van der Waals surface area (Å²) in [5, 5.41) is 15.1. The van der Waals surface area contributed by atoms with E-state index >= 15 is 0 Å². The van der Waals surface area contributed by atoms with Crippen molar-refractivity contribution in [3.05, 3.63) is 35.0 Å². The number of nitrogens with one attached hydrogen (secondary N) is 2. The Morgan fingerprint density at radius 1 is 1.30 bits per heavy atom. The molecule has 0 fully saturated rings. The molecule has 7 nitrogen and oxygen atoms in total. The Balaban J connectivity index is 2.45. The van der Waals surface area contributed by atoms with E-state index in [1.165, 1.54) is 6.07 Å². The van der Waals surface area contributed by atoms with Gasteiger partial charge in [-0.15, -0.1) is 0 Å². The summed E-state index contributed by atoms with van der Waals surface area (Å²) in [5.41, 5.74) is 1.37. The minimum Gasteiger partial charge on any atom is -0.504 e. The molecule has 0 unspecified atom stereocenters. The summed E-state index contributed by atoms with van der Waals surface area (Å²) in [7, 11) is 0. The van der Waals surface area contributed by atoms with Crippen LogP contribution in [0, 0.1) is 0 Å². The second-order valence-electron chi connectivity index (χ2n) is 4.95. The normalized spacial score (nSPS) is 17.3. The predicted octanol–water partition coefficient (Wildman–Crippen LogP) is 1.98. The van der Waals surface area contributed by atoms with Crippen LogP contribution in [0.2, 0.25) is 0 Å². The first kappa shape index (κ1) is 16.7. The first-order valence-corrected chi connectivity index (χ1v) is 7.39. The van der Waals surface area contributed by atoms with E-state index in [0.717, 1.165) is 0 Å². The highest BCUT2D eigenvalue weighted by Gasteiger charge is 2.32. The molecule has 0 bridgehead atoms. The maximum absolute atomic E-state index is 12.2. The topological polar surface area (TPSA) is 96.9 Å². The number of hydrogen-bond acceptors (Lipinski definition) is 5. The Bertz CT molecular complexity index is 654. The molecule has 0 spiro atoms. The van der Waals surface area contributed by atoms with Crippen molar-refractivity contribution in [1.29, 1.82) is 0 Å². The molecule has 1 aromatic carbocycles. The summed E-state index contributed by atoms with van der Waals surface area (Å²) in [5.74, 6) is -0.221. The predicted molar refractivity (Wildman–Crippen MR) is 83.0 cm³/mol. The van der Waals surface area contributed by atoms with Gasteiger partial charge in [0, 0.05) is 5.70 Å². The van der Waals surface area contributed by atoms with Crippen LogP contribution in [0.5, 0.6) is 11.5 Å². The van der Waals surface area contributed by atoms with Crippen molar-refractivity contribution in [3.63, 3.8) is 0 Å². The number of carbonyl (C=O) groups excluding carboxylic acids is 2. The van der Waals surface area contributed by atoms with E-state index in [-0.39, 0.29) is 12.4 Å². The zero-order chi connectivity index (χ0) is 17.0. The van der Waals surface area contributed by atoms with Gasteiger partial charge in [-0.1, -0.05) is 6.07 Å². The number of esters is 1. The van der Waals surface area contributed by atoms with E-state index in [0.29, 0.717) is 29.2 Å². The zero-order valence-corrected chi connectivity index (χ0v) is 13.3. The van der Waals surface area contributed by atoms with Crippen LogP contribution in [0.4, 0.5) is 4.79 Å². The minimum absolute atomic E-state index is 0.00533. The molecule has 1 aliphatic heterocycles. The molecule has 3 N–H and O–H groups in total. The molecule has 1 heterocycles. The number of benzene rings is 1. The average molecular weight is 320 g/mol. The third kappa shape index (κ3) is 3.56. The smallest absolute Gasteiger partial charge is 0.338 e. The highest BCUT2D eigenvalue weighted by molar-refractivity contribution is 5.95. The van der Waals surface area contributed by atoms with Crippen molar-refractivity contribution in [3.8, 4) is 11.5 Å². The lowest BCUT2D eigenvalue weighted by atomic mass is 9.95. The van der Waals surface area contributed by atoms with Gasteiger partial charge in [-0.3, -0.25) is 0 Å². The molecule has 7 heteroatoms. The van der Waals surface area contributed by atoms with Gasteiger partial charge in [0.15, 0.2) is 11.5 Å². The molecular weight excluding hydrogens is 300 g/mol. The number of rotatable bonds is 5. The Kier molecular flexibility index (Phi) is 5.10. The fourth-order valence-corrected chi connectivity index (χ4v) is 2.40. The van der Waals surface area contributed by atoms with Crippen LogP contribution in [-0.4, -0.2) is 30.3 Å². The van der Waals surface area contributed by atoms with Gasteiger partial charge >= 0.3 is 12.0 Å². The van der Waals surface area contributed by atoms with Gasteiger partial charge in [0.05, 0.1) is 24.8 Å². The molecule has 1 atom stereocenters.